The van der Waals surface area contributed by atoms with E-state index in [9.17, 15) is 9.59 Å². The summed E-state index contributed by atoms with van der Waals surface area (Å²) in [6, 6.07) is 2.99. The Morgan fingerprint density at radius 1 is 1.64 bits per heavy atom. The van der Waals surface area contributed by atoms with Crippen LogP contribution in [0.2, 0.25) is 0 Å². The van der Waals surface area contributed by atoms with Crippen molar-refractivity contribution in [1.29, 1.82) is 0 Å². The predicted octanol–water partition coefficient (Wildman–Crippen LogP) is 1.01. The van der Waals surface area contributed by atoms with Crippen LogP contribution < -0.4 is 5.32 Å². The van der Waals surface area contributed by atoms with E-state index in [1.807, 2.05) is 0 Å². The van der Waals surface area contributed by atoms with Crippen LogP contribution in [0.25, 0.3) is 0 Å². The van der Waals surface area contributed by atoms with Gasteiger partial charge in [0, 0.05) is 0 Å². The zero-order chi connectivity index (χ0) is 8.27. The number of aromatic carboxylic acids is 1. The Hall–Kier alpha value is -1.36. The molecule has 0 aliphatic rings. The second-order valence-electron chi connectivity index (χ2n) is 1.73. The van der Waals surface area contributed by atoms with Crippen molar-refractivity contribution >= 4 is 28.7 Å². The summed E-state index contributed by atoms with van der Waals surface area (Å²) in [5.41, 5.74) is 0. The SMILES string of the molecule is O=CNc1ccc(C(=O)O)s1. The van der Waals surface area contributed by atoms with Gasteiger partial charge in [-0.25, -0.2) is 4.79 Å². The van der Waals surface area contributed by atoms with E-state index < -0.39 is 5.97 Å². The van der Waals surface area contributed by atoms with E-state index in [1.54, 1.807) is 6.07 Å². The normalized spacial score (nSPS) is 9.09. The monoisotopic (exact) mass is 171 g/mol. The summed E-state index contributed by atoms with van der Waals surface area (Å²) in [6.07, 6.45) is 0.511. The molecule has 1 heterocycles. The zero-order valence-corrected chi connectivity index (χ0v) is 6.22. The number of carboxylic acids is 1. The van der Waals surface area contributed by atoms with Gasteiger partial charge >= 0.3 is 5.97 Å². The van der Waals surface area contributed by atoms with Crippen LogP contribution in [-0.2, 0) is 4.79 Å². The Labute approximate surface area is 66.5 Å². The number of amides is 1. The lowest BCUT2D eigenvalue weighted by Crippen LogP contribution is -1.90. The van der Waals surface area contributed by atoms with E-state index >= 15 is 0 Å². The first-order chi connectivity index (χ1) is 5.24. The van der Waals surface area contributed by atoms with Crippen LogP contribution in [0.1, 0.15) is 9.67 Å². The fourth-order valence-corrected chi connectivity index (χ4v) is 1.29. The lowest BCUT2D eigenvalue weighted by Gasteiger charge is -1.86. The molecule has 2 N–H and O–H groups in total. The van der Waals surface area contributed by atoms with Gasteiger partial charge in [0.1, 0.15) is 4.88 Å². The molecule has 0 radical (unpaired) electrons. The highest BCUT2D eigenvalue weighted by atomic mass is 32.1. The van der Waals surface area contributed by atoms with E-state index in [2.05, 4.69) is 5.32 Å². The molecule has 0 unspecified atom stereocenters. The van der Waals surface area contributed by atoms with Gasteiger partial charge in [0.25, 0.3) is 0 Å². The summed E-state index contributed by atoms with van der Waals surface area (Å²) in [4.78, 5) is 20.4. The van der Waals surface area contributed by atoms with Gasteiger partial charge in [-0.15, -0.1) is 11.3 Å². The van der Waals surface area contributed by atoms with E-state index in [0.29, 0.717) is 11.4 Å². The van der Waals surface area contributed by atoms with Crippen LogP contribution in [0.5, 0.6) is 0 Å². The molecule has 1 amide bonds. The molecular formula is C6H5NO3S. The van der Waals surface area contributed by atoms with Crippen molar-refractivity contribution in [3.05, 3.63) is 17.0 Å². The third kappa shape index (κ3) is 1.78. The fourth-order valence-electron chi connectivity index (χ4n) is 0.588. The molecule has 0 aliphatic carbocycles. The molecule has 5 heteroatoms. The average molecular weight is 171 g/mol. The van der Waals surface area contributed by atoms with E-state index in [-0.39, 0.29) is 4.88 Å². The molecule has 1 aromatic rings. The van der Waals surface area contributed by atoms with Gasteiger partial charge in [-0.05, 0) is 12.1 Å². The summed E-state index contributed by atoms with van der Waals surface area (Å²) in [6.45, 7) is 0. The second kappa shape index (κ2) is 3.16. The molecule has 0 saturated carbocycles. The molecule has 0 saturated heterocycles. The first-order valence-electron chi connectivity index (χ1n) is 2.77. The molecular weight excluding hydrogens is 166 g/mol. The van der Waals surface area contributed by atoms with Crippen LogP contribution in [0.3, 0.4) is 0 Å². The third-order valence-electron chi connectivity index (χ3n) is 1.02. The summed E-state index contributed by atoms with van der Waals surface area (Å²) < 4.78 is 0. The van der Waals surface area contributed by atoms with Crippen molar-refractivity contribution in [3.8, 4) is 0 Å². The minimum atomic E-state index is -0.978. The van der Waals surface area contributed by atoms with Crippen LogP contribution in [0.4, 0.5) is 5.00 Å². The lowest BCUT2D eigenvalue weighted by atomic mass is 10.5. The van der Waals surface area contributed by atoms with E-state index in [0.717, 1.165) is 11.3 Å². The molecule has 1 aromatic heterocycles. The largest absolute Gasteiger partial charge is 0.477 e. The number of rotatable bonds is 3. The van der Waals surface area contributed by atoms with Gasteiger partial charge in [0.2, 0.25) is 6.41 Å². The topological polar surface area (TPSA) is 66.4 Å². The summed E-state index contributed by atoms with van der Waals surface area (Å²) >= 11 is 1.02. The first kappa shape index (κ1) is 7.74. The summed E-state index contributed by atoms with van der Waals surface area (Å²) in [5.74, 6) is -0.978. The summed E-state index contributed by atoms with van der Waals surface area (Å²) in [7, 11) is 0. The number of nitrogens with one attached hydrogen (secondary N) is 1. The number of anilines is 1. The van der Waals surface area contributed by atoms with Crippen LogP contribution in [0, 0.1) is 0 Å². The molecule has 58 valence electrons. The number of hydrogen-bond acceptors (Lipinski definition) is 3. The molecule has 0 aliphatic heterocycles. The van der Waals surface area contributed by atoms with Gasteiger partial charge in [-0.2, -0.15) is 0 Å². The maximum absolute atomic E-state index is 10.3. The van der Waals surface area contributed by atoms with Gasteiger partial charge in [-0.3, -0.25) is 4.79 Å². The molecule has 0 atom stereocenters. The number of carbonyl (C=O) groups is 2. The Bertz CT molecular complexity index is 281. The van der Waals surface area contributed by atoms with E-state index in [1.165, 1.54) is 6.07 Å². The van der Waals surface area contributed by atoms with Gasteiger partial charge in [0.05, 0.1) is 5.00 Å². The second-order valence-corrected chi connectivity index (χ2v) is 2.82. The fraction of sp³-hybridized carbons (Fsp3) is 0. The van der Waals surface area contributed by atoms with Crippen molar-refractivity contribution in [2.24, 2.45) is 0 Å². The average Bonchev–Trinajstić information content (AvgIpc) is 2.37. The smallest absolute Gasteiger partial charge is 0.345 e. The van der Waals surface area contributed by atoms with Crippen molar-refractivity contribution in [3.63, 3.8) is 0 Å². The number of thiophene rings is 1. The molecule has 0 bridgehead atoms. The quantitative estimate of drug-likeness (QED) is 0.667. The van der Waals surface area contributed by atoms with Crippen molar-refractivity contribution in [1.82, 2.24) is 0 Å². The third-order valence-corrected chi connectivity index (χ3v) is 2.02. The Kier molecular flexibility index (Phi) is 2.22. The Morgan fingerprint density at radius 3 is 2.82 bits per heavy atom. The molecule has 1 rings (SSSR count). The Morgan fingerprint density at radius 2 is 2.36 bits per heavy atom. The highest BCUT2D eigenvalue weighted by molar-refractivity contribution is 7.18. The lowest BCUT2D eigenvalue weighted by molar-refractivity contribution is -0.105. The Balaban J connectivity index is 2.81. The minimum absolute atomic E-state index is 0.217. The van der Waals surface area contributed by atoms with Crippen molar-refractivity contribution in [2.45, 2.75) is 0 Å². The van der Waals surface area contributed by atoms with Crippen LogP contribution in [0.15, 0.2) is 12.1 Å². The molecule has 0 fully saturated rings. The maximum Gasteiger partial charge on any atom is 0.345 e. The zero-order valence-electron chi connectivity index (χ0n) is 5.40. The van der Waals surface area contributed by atoms with Crippen molar-refractivity contribution in [2.75, 3.05) is 5.32 Å². The molecule has 4 nitrogen and oxygen atoms in total. The molecule has 0 spiro atoms. The van der Waals surface area contributed by atoms with Crippen molar-refractivity contribution < 1.29 is 14.7 Å². The molecule has 11 heavy (non-hydrogen) atoms. The maximum atomic E-state index is 10.3. The molecule has 0 aromatic carbocycles. The highest BCUT2D eigenvalue weighted by Crippen LogP contribution is 2.20. The number of carboxylic acid groups (broad SMARTS) is 1. The summed E-state index contributed by atoms with van der Waals surface area (Å²) in [5, 5.41) is 11.4. The van der Waals surface area contributed by atoms with Crippen LogP contribution in [-0.4, -0.2) is 17.5 Å². The minimum Gasteiger partial charge on any atom is -0.477 e. The van der Waals surface area contributed by atoms with Gasteiger partial charge in [-0.1, -0.05) is 0 Å². The standard InChI is InChI=1S/C6H5NO3S/c8-3-7-5-2-1-4(11-5)6(9)10/h1-3H,(H,7,8)(H,9,10). The van der Waals surface area contributed by atoms with E-state index in [4.69, 9.17) is 5.11 Å². The number of hydrogen-bond donors (Lipinski definition) is 2. The predicted molar refractivity (Wildman–Crippen MR) is 41.0 cm³/mol. The highest BCUT2D eigenvalue weighted by Gasteiger charge is 2.05. The first-order valence-corrected chi connectivity index (χ1v) is 3.59. The number of carbonyl (C=O) groups excluding carboxylic acids is 1. The van der Waals surface area contributed by atoms with Gasteiger partial charge in [0.15, 0.2) is 0 Å². The van der Waals surface area contributed by atoms with Gasteiger partial charge < -0.3 is 10.4 Å². The van der Waals surface area contributed by atoms with Crippen LogP contribution >= 0.6 is 11.3 Å².